The molecule has 3 aromatic rings. The van der Waals surface area contributed by atoms with Crippen LogP contribution in [-0.2, 0) is 18.3 Å². The molecular weight excluding hydrogens is 434 g/mol. The van der Waals surface area contributed by atoms with E-state index in [1.807, 2.05) is 44.3 Å². The molecule has 0 aliphatic rings. The van der Waals surface area contributed by atoms with Crippen molar-refractivity contribution in [3.05, 3.63) is 76.6 Å². The van der Waals surface area contributed by atoms with E-state index in [0.717, 1.165) is 6.42 Å². The van der Waals surface area contributed by atoms with Crippen LogP contribution in [-0.4, -0.2) is 38.9 Å². The molecule has 0 saturated carbocycles. The number of carbonyl (C=O) groups excluding carboxylic acids is 2. The maximum absolute atomic E-state index is 12.4. The van der Waals surface area contributed by atoms with E-state index in [-0.39, 0.29) is 23.6 Å². The highest BCUT2D eigenvalue weighted by Gasteiger charge is 2.19. The molecule has 0 fully saturated rings. The third-order valence-electron chi connectivity index (χ3n) is 4.62. The van der Waals surface area contributed by atoms with Gasteiger partial charge in [0.25, 0.3) is 5.91 Å². The van der Waals surface area contributed by atoms with Gasteiger partial charge in [0.2, 0.25) is 5.91 Å². The third kappa shape index (κ3) is 6.57. The van der Waals surface area contributed by atoms with Gasteiger partial charge in [-0.3, -0.25) is 9.59 Å². The second kappa shape index (κ2) is 11.0. The summed E-state index contributed by atoms with van der Waals surface area (Å²) in [5.74, 6) is 0.565. The molecule has 2 amide bonds. The number of hydrogen-bond donors (Lipinski definition) is 2. The molecule has 2 N–H and O–H groups in total. The van der Waals surface area contributed by atoms with Gasteiger partial charge in [0.05, 0.1) is 11.8 Å². The number of nitrogens with zero attached hydrogens (tertiary/aromatic N) is 3. The van der Waals surface area contributed by atoms with E-state index < -0.39 is 0 Å². The van der Waals surface area contributed by atoms with Crippen molar-refractivity contribution < 1.29 is 9.59 Å². The number of nitrogens with one attached hydrogen (secondary N) is 2. The Morgan fingerprint density at radius 3 is 2.52 bits per heavy atom. The average molecular weight is 458 g/mol. The molecule has 162 valence electrons. The molecule has 1 aromatic heterocycles. The van der Waals surface area contributed by atoms with Gasteiger partial charge in [-0.25, -0.2) is 0 Å². The van der Waals surface area contributed by atoms with Crippen LogP contribution in [0.2, 0.25) is 5.02 Å². The summed E-state index contributed by atoms with van der Waals surface area (Å²) in [6, 6.07) is 16.3. The van der Waals surface area contributed by atoms with Gasteiger partial charge in [-0.15, -0.1) is 10.2 Å². The van der Waals surface area contributed by atoms with E-state index in [1.165, 1.54) is 17.3 Å². The maximum atomic E-state index is 12.4. The maximum Gasteiger partial charge on any atom is 0.251 e. The Morgan fingerprint density at radius 1 is 1.10 bits per heavy atom. The fourth-order valence-corrected chi connectivity index (χ4v) is 3.82. The lowest BCUT2D eigenvalue weighted by atomic mass is 10.1. The molecule has 1 heterocycles. The molecule has 0 saturated heterocycles. The van der Waals surface area contributed by atoms with Crippen LogP contribution in [0.15, 0.2) is 59.8 Å². The quantitative estimate of drug-likeness (QED) is 0.481. The summed E-state index contributed by atoms with van der Waals surface area (Å²) in [4.78, 5) is 24.5. The molecular formula is C22H24ClN5O2S. The number of amides is 2. The van der Waals surface area contributed by atoms with Crippen molar-refractivity contribution in [1.82, 2.24) is 25.4 Å². The van der Waals surface area contributed by atoms with E-state index in [1.54, 1.807) is 28.8 Å². The van der Waals surface area contributed by atoms with Crippen LogP contribution in [0.5, 0.6) is 0 Å². The molecule has 0 aliphatic heterocycles. The van der Waals surface area contributed by atoms with E-state index in [4.69, 9.17) is 11.6 Å². The standard InChI is InChI=1S/C22H24ClN5O2S/c1-15(25-21(30)17-8-10-18(23)11-9-17)20-26-27-22(28(20)2)31-14-19(29)24-13-12-16-6-4-3-5-7-16/h3-11,15H,12-14H2,1-2H3,(H,24,29)(H,25,30). The Labute approximate surface area is 190 Å². The summed E-state index contributed by atoms with van der Waals surface area (Å²) in [5, 5.41) is 15.3. The highest BCUT2D eigenvalue weighted by molar-refractivity contribution is 7.99. The van der Waals surface area contributed by atoms with E-state index in [2.05, 4.69) is 20.8 Å². The number of rotatable bonds is 9. The second-order valence-electron chi connectivity index (χ2n) is 6.98. The first-order valence-electron chi connectivity index (χ1n) is 9.83. The highest BCUT2D eigenvalue weighted by atomic mass is 35.5. The van der Waals surface area contributed by atoms with Crippen LogP contribution in [0.3, 0.4) is 0 Å². The summed E-state index contributed by atoms with van der Waals surface area (Å²) in [6.07, 6.45) is 0.788. The highest BCUT2D eigenvalue weighted by Crippen LogP contribution is 2.19. The van der Waals surface area contributed by atoms with Gasteiger partial charge in [0.1, 0.15) is 0 Å². The molecule has 9 heteroatoms. The molecule has 31 heavy (non-hydrogen) atoms. The fraction of sp³-hybridized carbons (Fsp3) is 0.273. The lowest BCUT2D eigenvalue weighted by Crippen LogP contribution is -2.28. The van der Waals surface area contributed by atoms with Crippen molar-refractivity contribution in [2.45, 2.75) is 24.5 Å². The van der Waals surface area contributed by atoms with E-state index >= 15 is 0 Å². The van der Waals surface area contributed by atoms with Gasteiger partial charge >= 0.3 is 0 Å². The van der Waals surface area contributed by atoms with Crippen molar-refractivity contribution in [2.75, 3.05) is 12.3 Å². The number of hydrogen-bond acceptors (Lipinski definition) is 5. The Hall–Kier alpha value is -2.84. The van der Waals surface area contributed by atoms with Crippen LogP contribution in [0, 0.1) is 0 Å². The van der Waals surface area contributed by atoms with Crippen molar-refractivity contribution in [3.63, 3.8) is 0 Å². The molecule has 0 spiro atoms. The number of carbonyl (C=O) groups is 2. The molecule has 0 radical (unpaired) electrons. The Kier molecular flexibility index (Phi) is 8.08. The van der Waals surface area contributed by atoms with Crippen LogP contribution in [0.4, 0.5) is 0 Å². The topological polar surface area (TPSA) is 88.9 Å². The van der Waals surface area contributed by atoms with Gasteiger partial charge in [-0.1, -0.05) is 53.7 Å². The average Bonchev–Trinajstić information content (AvgIpc) is 3.14. The van der Waals surface area contributed by atoms with Crippen molar-refractivity contribution in [3.8, 4) is 0 Å². The van der Waals surface area contributed by atoms with Crippen LogP contribution >= 0.6 is 23.4 Å². The monoisotopic (exact) mass is 457 g/mol. The molecule has 1 atom stereocenters. The van der Waals surface area contributed by atoms with Gasteiger partial charge in [-0.05, 0) is 43.2 Å². The molecule has 7 nitrogen and oxygen atoms in total. The number of aromatic nitrogens is 3. The first-order chi connectivity index (χ1) is 14.9. The minimum Gasteiger partial charge on any atom is -0.355 e. The Bertz CT molecular complexity index is 1020. The van der Waals surface area contributed by atoms with E-state index in [9.17, 15) is 9.59 Å². The van der Waals surface area contributed by atoms with Gasteiger partial charge in [0, 0.05) is 24.2 Å². The van der Waals surface area contributed by atoms with Crippen molar-refractivity contribution in [2.24, 2.45) is 7.05 Å². The zero-order valence-electron chi connectivity index (χ0n) is 17.3. The number of benzene rings is 2. The summed E-state index contributed by atoms with van der Waals surface area (Å²) in [7, 11) is 1.82. The third-order valence-corrected chi connectivity index (χ3v) is 5.89. The molecule has 0 bridgehead atoms. The SMILES string of the molecule is CC(NC(=O)c1ccc(Cl)cc1)c1nnc(SCC(=O)NCCc2ccccc2)n1C. The predicted octanol–water partition coefficient (Wildman–Crippen LogP) is 3.41. The van der Waals surface area contributed by atoms with E-state index in [0.29, 0.717) is 28.1 Å². The first kappa shape index (κ1) is 22.8. The first-order valence-corrected chi connectivity index (χ1v) is 11.2. The Balaban J connectivity index is 1.48. The summed E-state index contributed by atoms with van der Waals surface area (Å²) in [6.45, 7) is 2.42. The minimum atomic E-state index is -0.352. The smallest absolute Gasteiger partial charge is 0.251 e. The Morgan fingerprint density at radius 2 is 1.81 bits per heavy atom. The van der Waals surface area contributed by atoms with Crippen molar-refractivity contribution >= 4 is 35.2 Å². The molecule has 3 rings (SSSR count). The fourth-order valence-electron chi connectivity index (χ4n) is 2.95. The zero-order chi connectivity index (χ0) is 22.2. The predicted molar refractivity (Wildman–Crippen MR) is 122 cm³/mol. The second-order valence-corrected chi connectivity index (χ2v) is 8.35. The van der Waals surface area contributed by atoms with Gasteiger partial charge in [-0.2, -0.15) is 0 Å². The van der Waals surface area contributed by atoms with Crippen LogP contribution < -0.4 is 10.6 Å². The zero-order valence-corrected chi connectivity index (χ0v) is 18.9. The number of thioether (sulfide) groups is 1. The minimum absolute atomic E-state index is 0.0606. The normalized spacial score (nSPS) is 11.7. The summed E-state index contributed by atoms with van der Waals surface area (Å²) < 4.78 is 1.79. The lowest BCUT2D eigenvalue weighted by molar-refractivity contribution is -0.118. The summed E-state index contributed by atoms with van der Waals surface area (Å²) >= 11 is 7.17. The van der Waals surface area contributed by atoms with Crippen molar-refractivity contribution in [1.29, 1.82) is 0 Å². The van der Waals surface area contributed by atoms with Crippen LogP contribution in [0.25, 0.3) is 0 Å². The van der Waals surface area contributed by atoms with Gasteiger partial charge < -0.3 is 15.2 Å². The molecule has 0 aliphatic carbocycles. The molecule has 2 aromatic carbocycles. The number of halogens is 1. The lowest BCUT2D eigenvalue weighted by Gasteiger charge is -2.13. The molecule has 1 unspecified atom stereocenters. The largest absolute Gasteiger partial charge is 0.355 e. The van der Waals surface area contributed by atoms with Crippen LogP contribution in [0.1, 0.15) is 34.7 Å². The summed E-state index contributed by atoms with van der Waals surface area (Å²) in [5.41, 5.74) is 1.70. The van der Waals surface area contributed by atoms with Gasteiger partial charge in [0.15, 0.2) is 11.0 Å².